The van der Waals surface area contributed by atoms with Crippen LogP contribution in [0.5, 0.6) is 0 Å². The van der Waals surface area contributed by atoms with E-state index in [0.717, 1.165) is 25.9 Å². The van der Waals surface area contributed by atoms with Gasteiger partial charge < -0.3 is 25.2 Å². The molecular weight excluding hydrogens is 272 g/mol. The fraction of sp³-hybridized carbons (Fsp3) is 0.933. The lowest BCUT2D eigenvalue weighted by atomic mass is 10.1. The zero-order valence-corrected chi connectivity index (χ0v) is 13.5. The summed E-state index contributed by atoms with van der Waals surface area (Å²) in [4.78, 5) is 13.2. The van der Waals surface area contributed by atoms with Crippen LogP contribution < -0.4 is 5.32 Å². The van der Waals surface area contributed by atoms with Crippen molar-refractivity contribution in [2.24, 2.45) is 0 Å². The molecule has 0 bridgehead atoms. The van der Waals surface area contributed by atoms with Crippen molar-refractivity contribution in [1.29, 1.82) is 0 Å². The Bertz CT molecular complexity index is 303. The summed E-state index contributed by atoms with van der Waals surface area (Å²) in [6, 6.07) is 0. The van der Waals surface area contributed by atoms with E-state index >= 15 is 0 Å². The summed E-state index contributed by atoms with van der Waals surface area (Å²) in [7, 11) is 0. The molecule has 0 aliphatic carbocycles. The van der Waals surface area contributed by atoms with E-state index in [0.29, 0.717) is 25.9 Å². The average Bonchev–Trinajstić information content (AvgIpc) is 2.39. The van der Waals surface area contributed by atoms with Crippen LogP contribution in [0.2, 0.25) is 0 Å². The SMILES string of the molecule is CC(C)(C)OC(=O)N1CCC(O)CC1.OC1CCNCC1. The monoisotopic (exact) mass is 302 g/mol. The number of carbonyl (C=O) groups excluding carboxylic acids is 1. The van der Waals surface area contributed by atoms with Gasteiger partial charge in [0.2, 0.25) is 0 Å². The molecule has 1 amide bonds. The topological polar surface area (TPSA) is 82.0 Å². The van der Waals surface area contributed by atoms with Crippen molar-refractivity contribution in [2.75, 3.05) is 26.2 Å². The summed E-state index contributed by atoms with van der Waals surface area (Å²) in [5.74, 6) is 0. The van der Waals surface area contributed by atoms with Crippen molar-refractivity contribution in [2.45, 2.75) is 64.3 Å². The zero-order valence-electron chi connectivity index (χ0n) is 13.5. The second-order valence-electron chi connectivity index (χ2n) is 6.68. The predicted molar refractivity (Wildman–Crippen MR) is 81.2 cm³/mol. The molecular formula is C15H30N2O4. The summed E-state index contributed by atoms with van der Waals surface area (Å²) in [6.07, 6.45) is 2.61. The lowest BCUT2D eigenvalue weighted by molar-refractivity contribution is 0.0101. The second-order valence-corrected chi connectivity index (χ2v) is 6.68. The van der Waals surface area contributed by atoms with Gasteiger partial charge in [-0.3, -0.25) is 0 Å². The Labute approximate surface area is 127 Å². The Morgan fingerprint density at radius 1 is 1.05 bits per heavy atom. The molecule has 6 heteroatoms. The number of hydrogen-bond donors (Lipinski definition) is 3. The van der Waals surface area contributed by atoms with Gasteiger partial charge in [-0.25, -0.2) is 4.79 Å². The van der Waals surface area contributed by atoms with Gasteiger partial charge in [0.25, 0.3) is 0 Å². The molecule has 6 nitrogen and oxygen atoms in total. The van der Waals surface area contributed by atoms with Crippen LogP contribution in [0.15, 0.2) is 0 Å². The van der Waals surface area contributed by atoms with Gasteiger partial charge in [-0.05, 0) is 59.5 Å². The minimum atomic E-state index is -0.437. The highest BCUT2D eigenvalue weighted by Crippen LogP contribution is 2.14. The van der Waals surface area contributed by atoms with E-state index in [1.54, 1.807) is 4.90 Å². The standard InChI is InChI=1S/C10H19NO3.C5H11NO/c1-10(2,3)14-9(13)11-6-4-8(12)5-7-11;7-5-1-3-6-4-2-5/h8,12H,4-7H2,1-3H3;5-7H,1-4H2. The molecule has 2 aliphatic rings. The van der Waals surface area contributed by atoms with Crippen molar-refractivity contribution >= 4 is 6.09 Å². The van der Waals surface area contributed by atoms with Crippen LogP contribution in [0.25, 0.3) is 0 Å². The maximum Gasteiger partial charge on any atom is 0.410 e. The van der Waals surface area contributed by atoms with Crippen LogP contribution in [0.4, 0.5) is 4.79 Å². The number of aliphatic hydroxyl groups excluding tert-OH is 2. The Hall–Kier alpha value is -0.850. The number of amides is 1. The summed E-state index contributed by atoms with van der Waals surface area (Å²) in [5.41, 5.74) is -0.437. The highest BCUT2D eigenvalue weighted by Gasteiger charge is 2.25. The number of rotatable bonds is 0. The van der Waals surface area contributed by atoms with Gasteiger partial charge in [-0.2, -0.15) is 0 Å². The first-order chi connectivity index (χ1) is 9.78. The highest BCUT2D eigenvalue weighted by molar-refractivity contribution is 5.68. The van der Waals surface area contributed by atoms with Crippen molar-refractivity contribution in [3.8, 4) is 0 Å². The average molecular weight is 302 g/mol. The van der Waals surface area contributed by atoms with Crippen molar-refractivity contribution < 1.29 is 19.7 Å². The van der Waals surface area contributed by atoms with Gasteiger partial charge in [-0.1, -0.05) is 0 Å². The number of aliphatic hydroxyl groups is 2. The molecule has 2 heterocycles. The normalized spacial score (nSPS) is 21.5. The molecule has 0 radical (unpaired) electrons. The Kier molecular flexibility index (Phi) is 7.42. The fourth-order valence-corrected chi connectivity index (χ4v) is 2.18. The molecule has 2 aliphatic heterocycles. The van der Waals surface area contributed by atoms with Crippen LogP contribution in [0.1, 0.15) is 46.5 Å². The third-order valence-electron chi connectivity index (χ3n) is 3.42. The summed E-state index contributed by atoms with van der Waals surface area (Å²) < 4.78 is 5.22. The fourth-order valence-electron chi connectivity index (χ4n) is 2.18. The first kappa shape index (κ1) is 18.2. The Balaban J connectivity index is 0.000000262. The molecule has 0 unspecified atom stereocenters. The third-order valence-corrected chi connectivity index (χ3v) is 3.42. The maximum absolute atomic E-state index is 11.5. The zero-order chi connectivity index (χ0) is 15.9. The van der Waals surface area contributed by atoms with Crippen molar-refractivity contribution in [3.05, 3.63) is 0 Å². The van der Waals surface area contributed by atoms with Gasteiger partial charge in [0.1, 0.15) is 5.60 Å². The van der Waals surface area contributed by atoms with Crippen LogP contribution in [-0.4, -0.2) is 65.2 Å². The molecule has 0 aromatic rings. The predicted octanol–water partition coefficient (Wildman–Crippen LogP) is 1.11. The van der Waals surface area contributed by atoms with E-state index in [4.69, 9.17) is 9.84 Å². The minimum Gasteiger partial charge on any atom is -0.444 e. The molecule has 0 saturated carbocycles. The van der Waals surface area contributed by atoms with E-state index in [1.165, 1.54) is 0 Å². The molecule has 2 fully saturated rings. The second kappa shape index (κ2) is 8.56. The molecule has 21 heavy (non-hydrogen) atoms. The lowest BCUT2D eigenvalue weighted by Crippen LogP contribution is -2.42. The van der Waals surface area contributed by atoms with Crippen LogP contribution >= 0.6 is 0 Å². The van der Waals surface area contributed by atoms with Gasteiger partial charge in [0.05, 0.1) is 12.2 Å². The molecule has 0 aromatic heterocycles. The van der Waals surface area contributed by atoms with Gasteiger partial charge >= 0.3 is 6.09 Å². The largest absolute Gasteiger partial charge is 0.444 e. The lowest BCUT2D eigenvalue weighted by Gasteiger charge is -2.31. The quantitative estimate of drug-likeness (QED) is 0.624. The van der Waals surface area contributed by atoms with E-state index in [1.807, 2.05) is 20.8 Å². The van der Waals surface area contributed by atoms with Crippen LogP contribution in [0, 0.1) is 0 Å². The van der Waals surface area contributed by atoms with Crippen molar-refractivity contribution in [3.63, 3.8) is 0 Å². The number of nitrogens with zero attached hydrogens (tertiary/aromatic N) is 1. The smallest absolute Gasteiger partial charge is 0.410 e. The molecule has 3 N–H and O–H groups in total. The first-order valence-electron chi connectivity index (χ1n) is 7.82. The summed E-state index contributed by atoms with van der Waals surface area (Å²) >= 11 is 0. The molecule has 0 aromatic carbocycles. The van der Waals surface area contributed by atoms with E-state index in [9.17, 15) is 9.90 Å². The maximum atomic E-state index is 11.5. The van der Waals surface area contributed by atoms with Crippen LogP contribution in [0.3, 0.4) is 0 Å². The first-order valence-corrected chi connectivity index (χ1v) is 7.82. The number of nitrogens with one attached hydrogen (secondary N) is 1. The summed E-state index contributed by atoms with van der Waals surface area (Å²) in [6.45, 7) is 8.71. The molecule has 0 atom stereocenters. The van der Waals surface area contributed by atoms with Crippen molar-refractivity contribution in [1.82, 2.24) is 10.2 Å². The van der Waals surface area contributed by atoms with E-state index < -0.39 is 5.60 Å². The number of ether oxygens (including phenoxy) is 1. The molecule has 2 saturated heterocycles. The third kappa shape index (κ3) is 8.24. The Morgan fingerprint density at radius 2 is 1.52 bits per heavy atom. The van der Waals surface area contributed by atoms with E-state index in [-0.39, 0.29) is 18.3 Å². The highest BCUT2D eigenvalue weighted by atomic mass is 16.6. The molecule has 0 spiro atoms. The number of carbonyl (C=O) groups is 1. The van der Waals surface area contributed by atoms with Crippen LogP contribution in [-0.2, 0) is 4.74 Å². The van der Waals surface area contributed by atoms with Gasteiger partial charge in [0, 0.05) is 13.1 Å². The molecule has 124 valence electrons. The van der Waals surface area contributed by atoms with Gasteiger partial charge in [-0.15, -0.1) is 0 Å². The summed E-state index contributed by atoms with van der Waals surface area (Å²) in [5, 5.41) is 21.3. The Morgan fingerprint density at radius 3 is 1.90 bits per heavy atom. The van der Waals surface area contributed by atoms with Gasteiger partial charge in [0.15, 0.2) is 0 Å². The number of piperidine rings is 2. The molecule has 2 rings (SSSR count). The minimum absolute atomic E-state index is 0.0266. The number of likely N-dealkylation sites (tertiary alicyclic amines) is 1. The number of hydrogen-bond acceptors (Lipinski definition) is 5. The van der Waals surface area contributed by atoms with E-state index in [2.05, 4.69) is 5.32 Å².